The van der Waals surface area contributed by atoms with Gasteiger partial charge in [0.05, 0.1) is 17.8 Å². The Kier molecular flexibility index (Phi) is 5.83. The van der Waals surface area contributed by atoms with Crippen LogP contribution in [0.25, 0.3) is 5.69 Å². The quantitative estimate of drug-likeness (QED) is 0.586. The van der Waals surface area contributed by atoms with Crippen LogP contribution in [0.3, 0.4) is 0 Å². The lowest BCUT2D eigenvalue weighted by atomic mass is 9.96. The molecule has 2 atom stereocenters. The molecule has 3 aromatic rings. The van der Waals surface area contributed by atoms with Crippen LogP contribution in [0.2, 0.25) is 0 Å². The predicted octanol–water partition coefficient (Wildman–Crippen LogP) is 3.98. The van der Waals surface area contributed by atoms with E-state index in [0.717, 1.165) is 28.3 Å². The van der Waals surface area contributed by atoms with E-state index in [4.69, 9.17) is 12.2 Å². The summed E-state index contributed by atoms with van der Waals surface area (Å²) in [5.74, 6) is -0.263. The van der Waals surface area contributed by atoms with Crippen LogP contribution in [0.4, 0.5) is 4.39 Å². The predicted molar refractivity (Wildman–Crippen MR) is 119 cm³/mol. The zero-order valence-corrected chi connectivity index (χ0v) is 17.9. The molecule has 5 nitrogen and oxygen atoms in total. The number of aliphatic hydroxyl groups is 1. The minimum atomic E-state index is -0.263. The number of benzene rings is 1. The van der Waals surface area contributed by atoms with Gasteiger partial charge < -0.3 is 19.9 Å². The van der Waals surface area contributed by atoms with Crippen molar-refractivity contribution < 1.29 is 9.50 Å². The highest BCUT2D eigenvalue weighted by Gasteiger charge is 2.41. The van der Waals surface area contributed by atoms with Gasteiger partial charge in [-0.3, -0.25) is 4.98 Å². The van der Waals surface area contributed by atoms with Crippen molar-refractivity contribution in [3.05, 3.63) is 83.2 Å². The summed E-state index contributed by atoms with van der Waals surface area (Å²) in [6, 6.07) is 14.4. The molecule has 0 bridgehead atoms. The van der Waals surface area contributed by atoms with Crippen LogP contribution in [0.15, 0.2) is 54.7 Å². The summed E-state index contributed by atoms with van der Waals surface area (Å²) in [5.41, 5.74) is 4.86. The Morgan fingerprint density at radius 2 is 2.00 bits per heavy atom. The maximum atomic E-state index is 13.9. The number of aromatic nitrogens is 2. The molecule has 0 aliphatic carbocycles. The Labute approximate surface area is 181 Å². The Balaban J connectivity index is 1.82. The van der Waals surface area contributed by atoms with Crippen molar-refractivity contribution in [1.29, 1.82) is 0 Å². The van der Waals surface area contributed by atoms with Gasteiger partial charge in [0.15, 0.2) is 5.11 Å². The Morgan fingerprint density at radius 1 is 1.17 bits per heavy atom. The topological polar surface area (TPSA) is 53.3 Å². The number of aliphatic hydroxyl groups excluding tert-OH is 1. The van der Waals surface area contributed by atoms with Gasteiger partial charge in [0.1, 0.15) is 5.82 Å². The number of halogens is 1. The van der Waals surface area contributed by atoms with Gasteiger partial charge in [-0.1, -0.05) is 12.1 Å². The molecule has 30 heavy (non-hydrogen) atoms. The molecule has 1 aliphatic rings. The zero-order valence-electron chi connectivity index (χ0n) is 17.0. The van der Waals surface area contributed by atoms with Crippen LogP contribution in [0.5, 0.6) is 0 Å². The molecule has 0 amide bonds. The molecule has 0 radical (unpaired) electrons. The summed E-state index contributed by atoms with van der Waals surface area (Å²) < 4.78 is 15.9. The van der Waals surface area contributed by atoms with Gasteiger partial charge in [-0.2, -0.15) is 0 Å². The van der Waals surface area contributed by atoms with Crippen molar-refractivity contribution in [2.75, 3.05) is 13.2 Å². The van der Waals surface area contributed by atoms with E-state index in [9.17, 15) is 9.50 Å². The molecule has 1 saturated heterocycles. The summed E-state index contributed by atoms with van der Waals surface area (Å²) in [5, 5.41) is 13.5. The number of pyridine rings is 1. The van der Waals surface area contributed by atoms with E-state index in [2.05, 4.69) is 25.8 Å². The molecule has 7 heteroatoms. The lowest BCUT2D eigenvalue weighted by Gasteiger charge is -2.28. The van der Waals surface area contributed by atoms with Gasteiger partial charge in [-0.25, -0.2) is 4.39 Å². The van der Waals surface area contributed by atoms with Crippen LogP contribution < -0.4 is 5.32 Å². The number of nitrogens with one attached hydrogen (secondary N) is 1. The Bertz CT molecular complexity index is 1050. The maximum Gasteiger partial charge on any atom is 0.170 e. The molecule has 1 aromatic carbocycles. The van der Waals surface area contributed by atoms with Crippen molar-refractivity contribution in [2.24, 2.45) is 0 Å². The summed E-state index contributed by atoms with van der Waals surface area (Å²) >= 11 is 5.65. The standard InChI is InChI=1S/C23H25FN4OS/c1-15-13-19(16(2)28(15)18-8-5-7-17(24)14-18)22-21(20-9-3-4-10-25-20)26-23(30)27(22)11-6-12-29/h3-5,7-10,13-14,21-22,29H,6,11-12H2,1-2H3,(H,26,30). The second kappa shape index (κ2) is 8.53. The van der Waals surface area contributed by atoms with Gasteiger partial charge in [0.25, 0.3) is 0 Å². The lowest BCUT2D eigenvalue weighted by Crippen LogP contribution is -2.31. The first-order valence-electron chi connectivity index (χ1n) is 10.0. The van der Waals surface area contributed by atoms with Gasteiger partial charge in [0, 0.05) is 36.4 Å². The number of rotatable bonds is 6. The van der Waals surface area contributed by atoms with Crippen molar-refractivity contribution in [2.45, 2.75) is 32.4 Å². The third kappa shape index (κ3) is 3.70. The molecule has 2 aromatic heterocycles. The minimum Gasteiger partial charge on any atom is -0.396 e. The van der Waals surface area contributed by atoms with Crippen LogP contribution in [-0.4, -0.2) is 37.8 Å². The van der Waals surface area contributed by atoms with E-state index >= 15 is 0 Å². The monoisotopic (exact) mass is 424 g/mol. The van der Waals surface area contributed by atoms with Crippen molar-refractivity contribution in [3.63, 3.8) is 0 Å². The summed E-state index contributed by atoms with van der Waals surface area (Å²) in [6.45, 7) is 4.81. The minimum absolute atomic E-state index is 0.0764. The van der Waals surface area contributed by atoms with E-state index in [1.165, 1.54) is 6.07 Å². The molecule has 1 fully saturated rings. The van der Waals surface area contributed by atoms with E-state index in [1.807, 2.05) is 38.1 Å². The molecule has 2 N–H and O–H groups in total. The van der Waals surface area contributed by atoms with Gasteiger partial charge >= 0.3 is 0 Å². The van der Waals surface area contributed by atoms with Crippen molar-refractivity contribution in [3.8, 4) is 5.69 Å². The molecular formula is C23H25FN4OS. The third-order valence-electron chi connectivity index (χ3n) is 5.61. The number of hydrogen-bond donors (Lipinski definition) is 2. The fraction of sp³-hybridized carbons (Fsp3) is 0.304. The van der Waals surface area contributed by atoms with Gasteiger partial charge in [-0.05, 0) is 74.4 Å². The average Bonchev–Trinajstić information content (AvgIpc) is 3.22. The summed E-state index contributed by atoms with van der Waals surface area (Å²) in [4.78, 5) is 6.69. The second-order valence-electron chi connectivity index (χ2n) is 7.54. The van der Waals surface area contributed by atoms with Crippen LogP contribution >= 0.6 is 12.2 Å². The van der Waals surface area contributed by atoms with Crippen LogP contribution in [-0.2, 0) is 0 Å². The molecule has 0 saturated carbocycles. The molecule has 4 rings (SSSR count). The van der Waals surface area contributed by atoms with Crippen molar-refractivity contribution in [1.82, 2.24) is 19.8 Å². The van der Waals surface area contributed by atoms with E-state index in [0.29, 0.717) is 18.1 Å². The maximum absolute atomic E-state index is 13.9. The SMILES string of the molecule is Cc1cc(C2C(c3ccccn3)NC(=S)N2CCCO)c(C)n1-c1cccc(F)c1. The first kappa shape index (κ1) is 20.5. The average molecular weight is 425 g/mol. The van der Waals surface area contributed by atoms with E-state index in [-0.39, 0.29) is 24.5 Å². The largest absolute Gasteiger partial charge is 0.396 e. The smallest absolute Gasteiger partial charge is 0.170 e. The first-order valence-corrected chi connectivity index (χ1v) is 10.5. The lowest BCUT2D eigenvalue weighted by molar-refractivity contribution is 0.247. The second-order valence-corrected chi connectivity index (χ2v) is 7.93. The fourth-order valence-corrected chi connectivity index (χ4v) is 4.66. The van der Waals surface area contributed by atoms with Crippen LogP contribution in [0, 0.1) is 19.7 Å². The Hall–Kier alpha value is -2.77. The Morgan fingerprint density at radius 3 is 2.70 bits per heavy atom. The fourth-order valence-electron chi connectivity index (χ4n) is 4.33. The van der Waals surface area contributed by atoms with Gasteiger partial charge in [0.2, 0.25) is 0 Å². The van der Waals surface area contributed by atoms with Gasteiger partial charge in [-0.15, -0.1) is 0 Å². The molecule has 2 unspecified atom stereocenters. The third-order valence-corrected chi connectivity index (χ3v) is 5.96. The normalized spacial score (nSPS) is 18.7. The molecule has 156 valence electrons. The highest BCUT2D eigenvalue weighted by Crippen LogP contribution is 2.41. The number of aryl methyl sites for hydroxylation is 1. The van der Waals surface area contributed by atoms with E-state index in [1.54, 1.807) is 18.3 Å². The highest BCUT2D eigenvalue weighted by atomic mass is 32.1. The number of nitrogens with zero attached hydrogens (tertiary/aromatic N) is 3. The summed E-state index contributed by atoms with van der Waals surface area (Å²) in [6.07, 6.45) is 2.40. The first-order chi connectivity index (χ1) is 14.5. The molecule has 3 heterocycles. The highest BCUT2D eigenvalue weighted by molar-refractivity contribution is 7.80. The van der Waals surface area contributed by atoms with E-state index < -0.39 is 0 Å². The molecule has 1 aliphatic heterocycles. The molecular weight excluding hydrogens is 399 g/mol. The zero-order chi connectivity index (χ0) is 21.3. The molecule has 0 spiro atoms. The number of thiocarbonyl (C=S) groups is 1. The summed E-state index contributed by atoms with van der Waals surface area (Å²) in [7, 11) is 0. The van der Waals surface area contributed by atoms with Crippen LogP contribution in [0.1, 0.15) is 41.1 Å². The number of hydrogen-bond acceptors (Lipinski definition) is 3. The van der Waals surface area contributed by atoms with Crippen molar-refractivity contribution >= 4 is 17.3 Å².